The number of hydrogen-bond acceptors (Lipinski definition) is 6. The minimum absolute atomic E-state index is 0.0389. The van der Waals surface area contributed by atoms with Gasteiger partial charge >= 0.3 is 5.97 Å². The molecule has 1 aromatic heterocycles. The first-order valence-corrected chi connectivity index (χ1v) is 7.94. The molecule has 0 bridgehead atoms. The molecule has 2 aromatic rings. The minimum atomic E-state index is -0.315. The highest BCUT2D eigenvalue weighted by atomic mass is 32.1. The molecule has 122 valence electrons. The van der Waals surface area contributed by atoms with E-state index in [9.17, 15) is 9.59 Å². The molecule has 2 heterocycles. The number of fused-ring (bicyclic) bond motifs is 3. The van der Waals surface area contributed by atoms with E-state index >= 15 is 0 Å². The molecule has 6 nitrogen and oxygen atoms in total. The summed E-state index contributed by atoms with van der Waals surface area (Å²) in [5, 5.41) is 0.997. The molecule has 3 rings (SSSR count). The van der Waals surface area contributed by atoms with Gasteiger partial charge in [-0.25, -0.2) is 0 Å². The van der Waals surface area contributed by atoms with Gasteiger partial charge in [-0.05, 0) is 6.07 Å². The highest BCUT2D eigenvalue weighted by Crippen LogP contribution is 2.42. The Bertz CT molecular complexity index is 782. The number of amides is 1. The number of carbonyl (C=O) groups is 2. The first-order chi connectivity index (χ1) is 11.1. The predicted molar refractivity (Wildman–Crippen MR) is 86.3 cm³/mol. The van der Waals surface area contributed by atoms with Crippen LogP contribution in [-0.4, -0.2) is 44.7 Å². The van der Waals surface area contributed by atoms with Gasteiger partial charge in [0, 0.05) is 34.8 Å². The summed E-state index contributed by atoms with van der Waals surface area (Å²) in [6.45, 7) is 0.863. The normalized spacial score (nSPS) is 13.3. The Morgan fingerprint density at radius 2 is 1.91 bits per heavy atom. The second-order valence-electron chi connectivity index (χ2n) is 5.17. The Labute approximate surface area is 137 Å². The van der Waals surface area contributed by atoms with Gasteiger partial charge in [-0.15, -0.1) is 11.3 Å². The van der Waals surface area contributed by atoms with E-state index in [1.54, 1.807) is 19.1 Å². The number of ether oxygens (including phenoxy) is 3. The fraction of sp³-hybridized carbons (Fsp3) is 0.375. The van der Waals surface area contributed by atoms with Crippen molar-refractivity contribution in [2.75, 3.05) is 27.9 Å². The number of thiophene rings is 1. The van der Waals surface area contributed by atoms with Crippen molar-refractivity contribution in [1.82, 2.24) is 4.90 Å². The maximum atomic E-state index is 12.5. The predicted octanol–water partition coefficient (Wildman–Crippen LogP) is 2.44. The topological polar surface area (TPSA) is 65.1 Å². The van der Waals surface area contributed by atoms with Crippen LogP contribution < -0.4 is 9.47 Å². The number of carbonyl (C=O) groups excluding carboxylic acids is 2. The highest BCUT2D eigenvalue weighted by Gasteiger charge is 2.32. The fourth-order valence-electron chi connectivity index (χ4n) is 2.72. The number of esters is 1. The molecule has 0 saturated carbocycles. The van der Waals surface area contributed by atoms with Gasteiger partial charge in [-0.1, -0.05) is 0 Å². The Morgan fingerprint density at radius 1 is 1.22 bits per heavy atom. The van der Waals surface area contributed by atoms with Crippen molar-refractivity contribution < 1.29 is 23.8 Å². The molecule has 1 aromatic carbocycles. The van der Waals surface area contributed by atoms with Crippen LogP contribution in [0.4, 0.5) is 0 Å². The fourth-order valence-corrected chi connectivity index (χ4v) is 3.91. The van der Waals surface area contributed by atoms with E-state index < -0.39 is 0 Å². The molecule has 1 amide bonds. The van der Waals surface area contributed by atoms with Crippen molar-refractivity contribution in [2.24, 2.45) is 0 Å². The van der Waals surface area contributed by atoms with Gasteiger partial charge in [0.1, 0.15) is 0 Å². The van der Waals surface area contributed by atoms with Crippen molar-refractivity contribution in [3.8, 4) is 11.5 Å². The molecule has 7 heteroatoms. The Hall–Kier alpha value is -2.28. The van der Waals surface area contributed by atoms with Crippen LogP contribution in [-0.2, 0) is 16.1 Å². The second-order valence-corrected chi connectivity index (χ2v) is 6.22. The van der Waals surface area contributed by atoms with Gasteiger partial charge in [0.25, 0.3) is 5.91 Å². The van der Waals surface area contributed by atoms with Crippen LogP contribution in [0.3, 0.4) is 0 Å². The molecular formula is C16H17NO5S. The third-order valence-corrected chi connectivity index (χ3v) is 5.12. The van der Waals surface area contributed by atoms with Crippen LogP contribution in [0, 0.1) is 0 Å². The van der Waals surface area contributed by atoms with Crippen molar-refractivity contribution in [1.29, 1.82) is 0 Å². The smallest absolute Gasteiger partial charge is 0.307 e. The number of benzene rings is 1. The largest absolute Gasteiger partial charge is 0.493 e. The zero-order chi connectivity index (χ0) is 16.6. The Morgan fingerprint density at radius 3 is 2.57 bits per heavy atom. The van der Waals surface area contributed by atoms with Gasteiger partial charge in [-0.2, -0.15) is 0 Å². The third-order valence-electron chi connectivity index (χ3n) is 3.94. The molecular weight excluding hydrogens is 318 g/mol. The average Bonchev–Trinajstić information content (AvgIpc) is 3.07. The van der Waals surface area contributed by atoms with Crippen LogP contribution in [0.15, 0.2) is 12.1 Å². The summed E-state index contributed by atoms with van der Waals surface area (Å²) in [6.07, 6.45) is 0.201. The van der Waals surface area contributed by atoms with E-state index in [0.717, 1.165) is 20.5 Å². The molecule has 0 unspecified atom stereocenters. The first-order valence-electron chi connectivity index (χ1n) is 7.12. The quantitative estimate of drug-likeness (QED) is 0.785. The summed E-state index contributed by atoms with van der Waals surface area (Å²) < 4.78 is 16.3. The lowest BCUT2D eigenvalue weighted by Gasteiger charge is -2.15. The van der Waals surface area contributed by atoms with E-state index in [1.165, 1.54) is 18.4 Å². The lowest BCUT2D eigenvalue weighted by molar-refractivity contribution is -0.140. The summed E-state index contributed by atoms with van der Waals surface area (Å²) in [4.78, 5) is 26.2. The summed E-state index contributed by atoms with van der Waals surface area (Å²) in [5.41, 5.74) is 0.987. The summed E-state index contributed by atoms with van der Waals surface area (Å²) >= 11 is 1.44. The number of hydrogen-bond donors (Lipinski definition) is 0. The number of methoxy groups -OCH3 is 3. The highest BCUT2D eigenvalue weighted by molar-refractivity contribution is 7.21. The molecule has 0 N–H and O–H groups in total. The van der Waals surface area contributed by atoms with Gasteiger partial charge in [-0.3, -0.25) is 9.59 Å². The molecule has 0 saturated heterocycles. The average molecular weight is 335 g/mol. The van der Waals surface area contributed by atoms with Crippen LogP contribution in [0.2, 0.25) is 0 Å². The van der Waals surface area contributed by atoms with E-state index in [4.69, 9.17) is 9.47 Å². The lowest BCUT2D eigenvalue weighted by atomic mass is 10.1. The van der Waals surface area contributed by atoms with Crippen LogP contribution >= 0.6 is 11.3 Å². The van der Waals surface area contributed by atoms with Gasteiger partial charge < -0.3 is 19.1 Å². The first kappa shape index (κ1) is 15.6. The van der Waals surface area contributed by atoms with Crippen molar-refractivity contribution in [2.45, 2.75) is 13.0 Å². The SMILES string of the molecule is COC(=O)CCN1Cc2c(sc3cc(OC)c(OC)cc23)C1=O. The van der Waals surface area contributed by atoms with Crippen molar-refractivity contribution in [3.63, 3.8) is 0 Å². The van der Waals surface area contributed by atoms with E-state index in [0.29, 0.717) is 24.6 Å². The summed E-state index contributed by atoms with van der Waals surface area (Å²) in [7, 11) is 4.52. The molecule has 0 spiro atoms. The van der Waals surface area contributed by atoms with Crippen LogP contribution in [0.1, 0.15) is 21.7 Å². The number of rotatable bonds is 5. The van der Waals surface area contributed by atoms with Gasteiger partial charge in [0.2, 0.25) is 0 Å². The van der Waals surface area contributed by atoms with E-state index in [2.05, 4.69) is 4.74 Å². The molecule has 1 aliphatic rings. The third kappa shape index (κ3) is 2.61. The standard InChI is InChI=1S/C16H17NO5S/c1-20-11-6-9-10-8-17(5-4-14(18)22-3)16(19)15(10)23-13(9)7-12(11)21-2/h6-7H,4-5,8H2,1-3H3. The molecule has 0 fully saturated rings. The Balaban J connectivity index is 1.92. The van der Waals surface area contributed by atoms with E-state index in [1.807, 2.05) is 12.1 Å². The second kappa shape index (κ2) is 6.08. The summed E-state index contributed by atoms with van der Waals surface area (Å²) in [6, 6.07) is 3.80. The van der Waals surface area contributed by atoms with Crippen LogP contribution in [0.25, 0.3) is 10.1 Å². The minimum Gasteiger partial charge on any atom is -0.493 e. The molecule has 0 atom stereocenters. The van der Waals surface area contributed by atoms with E-state index in [-0.39, 0.29) is 18.3 Å². The zero-order valence-electron chi connectivity index (χ0n) is 13.2. The molecule has 0 radical (unpaired) electrons. The number of nitrogens with zero attached hydrogens (tertiary/aromatic N) is 1. The molecule has 1 aliphatic heterocycles. The van der Waals surface area contributed by atoms with Crippen molar-refractivity contribution in [3.05, 3.63) is 22.6 Å². The lowest BCUT2D eigenvalue weighted by Crippen LogP contribution is -2.26. The Kier molecular flexibility index (Phi) is 4.12. The van der Waals surface area contributed by atoms with Gasteiger partial charge in [0.05, 0.1) is 32.6 Å². The van der Waals surface area contributed by atoms with Crippen molar-refractivity contribution >= 4 is 33.3 Å². The van der Waals surface area contributed by atoms with Gasteiger partial charge in [0.15, 0.2) is 11.5 Å². The monoisotopic (exact) mass is 335 g/mol. The summed E-state index contributed by atoms with van der Waals surface area (Å²) in [5.74, 6) is 0.934. The maximum absolute atomic E-state index is 12.5. The molecule has 23 heavy (non-hydrogen) atoms. The van der Waals surface area contributed by atoms with Crippen LogP contribution in [0.5, 0.6) is 11.5 Å². The molecule has 0 aliphatic carbocycles. The maximum Gasteiger partial charge on any atom is 0.307 e. The zero-order valence-corrected chi connectivity index (χ0v) is 14.0.